The summed E-state index contributed by atoms with van der Waals surface area (Å²) in [6.07, 6.45) is 7.00. The lowest BCUT2D eigenvalue weighted by Gasteiger charge is -2.48. The summed E-state index contributed by atoms with van der Waals surface area (Å²) in [4.78, 5) is 8.10. The van der Waals surface area contributed by atoms with Gasteiger partial charge in [-0.05, 0) is 218 Å². The van der Waals surface area contributed by atoms with E-state index in [1.807, 2.05) is 11.3 Å². The second-order valence-corrected chi connectivity index (χ2v) is 31.0. The Kier molecular flexibility index (Phi) is 11.4. The number of anilines is 9. The van der Waals surface area contributed by atoms with E-state index in [-0.39, 0.29) is 44.6 Å². The van der Waals surface area contributed by atoms with Crippen LogP contribution in [0.25, 0.3) is 10.1 Å². The quantitative estimate of drug-likeness (QED) is 0.159. The molecule has 1 aromatic heterocycles. The Morgan fingerprint density at radius 3 is 1.39 bits per heavy atom. The third-order valence-electron chi connectivity index (χ3n) is 20.6. The van der Waals surface area contributed by atoms with E-state index < -0.39 is 0 Å². The van der Waals surface area contributed by atoms with E-state index >= 15 is 0 Å². The highest BCUT2D eigenvalue weighted by atomic mass is 32.1. The highest BCUT2D eigenvalue weighted by Gasteiger charge is 2.50. The van der Waals surface area contributed by atoms with Crippen LogP contribution < -0.4 is 30.4 Å². The van der Waals surface area contributed by atoms with Crippen molar-refractivity contribution in [3.8, 4) is 0 Å². The molecular formula is C74H84BN3S. The number of hydrogen-bond donors (Lipinski definition) is 0. The largest absolute Gasteiger partial charge is 0.311 e. The fourth-order valence-electron chi connectivity index (χ4n) is 15.1. The third-order valence-corrected chi connectivity index (χ3v) is 21.9. The molecule has 0 saturated carbocycles. The maximum atomic E-state index is 2.76. The molecule has 5 aliphatic rings. The summed E-state index contributed by atoms with van der Waals surface area (Å²) in [7, 11) is 0. The van der Waals surface area contributed by atoms with Crippen LogP contribution in [-0.4, -0.2) is 6.71 Å². The van der Waals surface area contributed by atoms with E-state index in [0.717, 1.165) is 31.4 Å². The predicted octanol–water partition coefficient (Wildman–Crippen LogP) is 19.4. The van der Waals surface area contributed by atoms with Crippen molar-refractivity contribution >= 4 is 95.0 Å². The summed E-state index contributed by atoms with van der Waals surface area (Å²) in [5.41, 5.74) is 27.1. The number of nitrogens with zero attached hydrogens (tertiary/aromatic N) is 3. The van der Waals surface area contributed by atoms with Crippen molar-refractivity contribution in [3.05, 3.63) is 177 Å². The molecular weight excluding hydrogens is 974 g/mol. The maximum absolute atomic E-state index is 2.76. The zero-order valence-electron chi connectivity index (χ0n) is 50.7. The standard InChI is InChI=1S/C74H84BN3S/c1-45-22-18-20-24-59(45)77(60-25-21-19-23-46(60)2)50-41-62-65-63(42-50)78(49-28-30-53-55(40-49)72(12,13)35-33-70(53,8)9)66-51-38-47(68(3,4)5)26-31-64(51)79-67(66)75(65)58-43-56-57(74(16,17)37-36-73(56,14)15)44-61(58)76(62)48-27-29-52-54(39-48)71(10,11)34-32-69(52,6)7/h18-31,38-44H,32-37H2,1-17H3. The Bertz CT molecular complexity index is 3810. The zero-order chi connectivity index (χ0) is 55.9. The van der Waals surface area contributed by atoms with Crippen molar-refractivity contribution in [1.29, 1.82) is 0 Å². The number of rotatable bonds is 5. The summed E-state index contributed by atoms with van der Waals surface area (Å²) in [5.74, 6) is 0. The molecule has 0 N–H and O–H groups in total. The first-order valence-corrected chi connectivity index (χ1v) is 30.7. The number of para-hydroxylation sites is 2. The molecule has 3 nitrogen and oxygen atoms in total. The maximum Gasteiger partial charge on any atom is 0.264 e. The summed E-state index contributed by atoms with van der Waals surface area (Å²) >= 11 is 2.04. The summed E-state index contributed by atoms with van der Waals surface area (Å²) < 4.78 is 2.79. The molecule has 3 aliphatic carbocycles. The minimum atomic E-state index is -0.0299. The molecule has 404 valence electrons. The highest BCUT2D eigenvalue weighted by Crippen LogP contribution is 2.57. The van der Waals surface area contributed by atoms with Gasteiger partial charge in [0.2, 0.25) is 0 Å². The van der Waals surface area contributed by atoms with E-state index in [1.54, 1.807) is 0 Å². The van der Waals surface area contributed by atoms with Crippen molar-refractivity contribution in [1.82, 2.24) is 0 Å². The Morgan fingerprint density at radius 2 is 0.899 bits per heavy atom. The first-order chi connectivity index (χ1) is 37.1. The summed E-state index contributed by atoms with van der Waals surface area (Å²) in [5, 5.41) is 1.35. The van der Waals surface area contributed by atoms with E-state index in [0.29, 0.717) is 0 Å². The van der Waals surface area contributed by atoms with Gasteiger partial charge < -0.3 is 14.7 Å². The van der Waals surface area contributed by atoms with Gasteiger partial charge in [-0.25, -0.2) is 0 Å². The van der Waals surface area contributed by atoms with Gasteiger partial charge >= 0.3 is 0 Å². The van der Waals surface area contributed by atoms with E-state index in [2.05, 4.69) is 260 Å². The second kappa shape index (κ2) is 17.2. The van der Waals surface area contributed by atoms with E-state index in [9.17, 15) is 0 Å². The van der Waals surface area contributed by atoms with Gasteiger partial charge in [-0.15, -0.1) is 11.3 Å². The molecule has 5 heteroatoms. The number of aryl methyl sites for hydroxylation is 2. The molecule has 13 rings (SSSR count). The van der Waals surface area contributed by atoms with Crippen LogP contribution in [0.2, 0.25) is 0 Å². The van der Waals surface area contributed by atoms with Crippen LogP contribution in [0.1, 0.15) is 192 Å². The first kappa shape index (κ1) is 52.3. The van der Waals surface area contributed by atoms with Gasteiger partial charge in [-0.3, -0.25) is 0 Å². The molecule has 0 atom stereocenters. The van der Waals surface area contributed by atoms with Gasteiger partial charge in [0.1, 0.15) is 0 Å². The van der Waals surface area contributed by atoms with Crippen LogP contribution in [0.4, 0.5) is 51.2 Å². The molecule has 2 aliphatic heterocycles. The number of fused-ring (bicyclic) bond motifs is 9. The van der Waals surface area contributed by atoms with Gasteiger partial charge in [0.05, 0.1) is 11.4 Å². The average molecular weight is 1060 g/mol. The normalized spacial score (nSPS) is 19.4. The van der Waals surface area contributed by atoms with Gasteiger partial charge in [0, 0.05) is 54.7 Å². The number of hydrogen-bond acceptors (Lipinski definition) is 4. The van der Waals surface area contributed by atoms with Crippen molar-refractivity contribution in [2.24, 2.45) is 0 Å². The highest BCUT2D eigenvalue weighted by molar-refractivity contribution is 7.33. The number of benzene rings is 7. The SMILES string of the molecule is Cc1ccccc1N(c1cc2c3c(c1)N(c1ccc4c(c1)C(C)(C)CCC4(C)C)c1c(sc4ccc(C(C)(C)C)cc14)B3c1cc3c(cc1N2c1ccc2c(c1)C(C)(C)CCC2(C)C)C(C)(C)CCC3(C)C)c1ccccc1C. The summed E-state index contributed by atoms with van der Waals surface area (Å²) in [6, 6.07) is 51.4. The Morgan fingerprint density at radius 1 is 0.456 bits per heavy atom. The van der Waals surface area contributed by atoms with Gasteiger partial charge in [0.15, 0.2) is 0 Å². The van der Waals surface area contributed by atoms with Crippen molar-refractivity contribution in [2.45, 2.75) is 194 Å². The fraction of sp³-hybridized carbons (Fsp3) is 0.405. The van der Waals surface area contributed by atoms with Gasteiger partial charge in [0.25, 0.3) is 6.71 Å². The van der Waals surface area contributed by atoms with Crippen LogP contribution in [-0.2, 0) is 37.9 Å². The summed E-state index contributed by atoms with van der Waals surface area (Å²) in [6.45, 7) is 41.5. The first-order valence-electron chi connectivity index (χ1n) is 29.8. The molecule has 3 heterocycles. The fourth-order valence-corrected chi connectivity index (χ4v) is 16.4. The monoisotopic (exact) mass is 1060 g/mol. The van der Waals surface area contributed by atoms with Crippen molar-refractivity contribution in [3.63, 3.8) is 0 Å². The van der Waals surface area contributed by atoms with Crippen LogP contribution in [0.3, 0.4) is 0 Å². The van der Waals surface area contributed by atoms with Crippen molar-refractivity contribution in [2.75, 3.05) is 14.7 Å². The van der Waals surface area contributed by atoms with Crippen LogP contribution in [0.5, 0.6) is 0 Å². The predicted molar refractivity (Wildman–Crippen MR) is 345 cm³/mol. The van der Waals surface area contributed by atoms with Crippen LogP contribution >= 0.6 is 11.3 Å². The minimum Gasteiger partial charge on any atom is -0.311 e. The lowest BCUT2D eigenvalue weighted by Crippen LogP contribution is -2.61. The molecule has 0 radical (unpaired) electrons. The lowest BCUT2D eigenvalue weighted by molar-refractivity contribution is 0.332. The molecule has 8 aromatic rings. The topological polar surface area (TPSA) is 9.72 Å². The number of thiophene rings is 1. The molecule has 0 fully saturated rings. The molecule has 7 aromatic carbocycles. The average Bonchev–Trinajstić information content (AvgIpc) is 3.72. The third kappa shape index (κ3) is 7.99. The van der Waals surface area contributed by atoms with E-state index in [1.165, 1.54) is 134 Å². The van der Waals surface area contributed by atoms with Crippen molar-refractivity contribution < 1.29 is 0 Å². The van der Waals surface area contributed by atoms with Crippen LogP contribution in [0, 0.1) is 13.8 Å². The second-order valence-electron chi connectivity index (χ2n) is 29.9. The minimum absolute atomic E-state index is 0.00967. The zero-order valence-corrected chi connectivity index (χ0v) is 51.5. The van der Waals surface area contributed by atoms with E-state index in [4.69, 9.17) is 0 Å². The van der Waals surface area contributed by atoms with Gasteiger partial charge in [-0.1, -0.05) is 165 Å². The molecule has 0 bridgehead atoms. The lowest BCUT2D eigenvalue weighted by atomic mass is 9.35. The molecule has 0 unspecified atom stereocenters. The smallest absolute Gasteiger partial charge is 0.264 e. The Hall–Kier alpha value is -6.04. The Balaban J connectivity index is 1.22. The molecule has 79 heavy (non-hydrogen) atoms. The Labute approximate surface area is 478 Å². The molecule has 0 amide bonds. The molecule has 0 saturated heterocycles. The molecule has 0 spiro atoms. The van der Waals surface area contributed by atoms with Gasteiger partial charge in [-0.2, -0.15) is 0 Å². The van der Waals surface area contributed by atoms with Crippen LogP contribution in [0.15, 0.2) is 127 Å².